The number of methoxy groups -OCH3 is 4. The van der Waals surface area contributed by atoms with E-state index >= 15 is 0 Å². The molecule has 0 unspecified atom stereocenters. The largest absolute Gasteiger partial charge is 0.493 e. The second kappa shape index (κ2) is 10.2. The molecular weight excluding hydrogens is 450 g/mol. The number of aromatic amines is 1. The first-order valence-corrected chi connectivity index (χ1v) is 10.8. The second-order valence-electron chi connectivity index (χ2n) is 7.59. The minimum atomic E-state index is -0.683. The van der Waals surface area contributed by atoms with Gasteiger partial charge in [-0.15, -0.1) is 0 Å². The van der Waals surface area contributed by atoms with Gasteiger partial charge in [-0.2, -0.15) is 0 Å². The average molecular weight is 475 g/mol. The first-order valence-electron chi connectivity index (χ1n) is 10.8. The van der Waals surface area contributed by atoms with Crippen molar-refractivity contribution in [3.8, 4) is 34.1 Å². The molecule has 4 aromatic rings. The summed E-state index contributed by atoms with van der Waals surface area (Å²) in [6, 6.07) is 18.3. The number of esters is 1. The van der Waals surface area contributed by atoms with Crippen LogP contribution in [0.4, 0.5) is 0 Å². The summed E-state index contributed by atoms with van der Waals surface area (Å²) in [5.41, 5.74) is 1.60. The smallest absolute Gasteiger partial charge is 0.355 e. The molecule has 0 saturated carbocycles. The van der Waals surface area contributed by atoms with Crippen LogP contribution in [0, 0.1) is 0 Å². The molecule has 0 bridgehead atoms. The zero-order chi connectivity index (χ0) is 24.9. The summed E-state index contributed by atoms with van der Waals surface area (Å²) in [4.78, 5) is 28.3. The lowest BCUT2D eigenvalue weighted by Gasteiger charge is -2.17. The predicted molar refractivity (Wildman–Crippen MR) is 132 cm³/mol. The van der Waals surface area contributed by atoms with Crippen molar-refractivity contribution in [2.45, 2.75) is 6.61 Å². The lowest BCUT2D eigenvalue weighted by molar-refractivity contribution is 0.0595. The van der Waals surface area contributed by atoms with Crippen molar-refractivity contribution in [1.82, 2.24) is 4.98 Å². The van der Waals surface area contributed by atoms with Gasteiger partial charge in [0.1, 0.15) is 18.1 Å². The first kappa shape index (κ1) is 23.7. The molecule has 8 heteroatoms. The maximum Gasteiger partial charge on any atom is 0.355 e. The molecule has 180 valence electrons. The Morgan fingerprint density at radius 1 is 0.829 bits per heavy atom. The number of carbonyl (C=O) groups is 1. The predicted octanol–water partition coefficient (Wildman–Crippen LogP) is 4.59. The topological polar surface area (TPSA) is 96.1 Å². The summed E-state index contributed by atoms with van der Waals surface area (Å²) in [6.07, 6.45) is 0. The number of H-pyrrole nitrogens is 1. The van der Waals surface area contributed by atoms with E-state index < -0.39 is 11.5 Å². The Balaban J connectivity index is 1.90. The molecule has 1 N–H and O–H groups in total. The molecule has 4 rings (SSSR count). The Morgan fingerprint density at radius 3 is 2.11 bits per heavy atom. The Labute approximate surface area is 202 Å². The van der Waals surface area contributed by atoms with Gasteiger partial charge in [0.15, 0.2) is 11.5 Å². The minimum Gasteiger partial charge on any atom is -0.493 e. The molecule has 3 aromatic carbocycles. The van der Waals surface area contributed by atoms with Gasteiger partial charge in [-0.1, -0.05) is 30.3 Å². The molecule has 0 spiro atoms. The van der Waals surface area contributed by atoms with E-state index in [1.807, 2.05) is 30.3 Å². The van der Waals surface area contributed by atoms with E-state index in [1.54, 1.807) is 30.3 Å². The van der Waals surface area contributed by atoms with Crippen LogP contribution in [0.2, 0.25) is 0 Å². The highest BCUT2D eigenvalue weighted by atomic mass is 16.5. The molecule has 0 amide bonds. The van der Waals surface area contributed by atoms with Gasteiger partial charge in [-0.05, 0) is 46.8 Å². The highest BCUT2D eigenvalue weighted by Gasteiger charge is 2.23. The number of fused-ring (bicyclic) bond motifs is 1. The summed E-state index contributed by atoms with van der Waals surface area (Å²) in [6.45, 7) is 0.351. The third-order valence-electron chi connectivity index (χ3n) is 5.58. The third-order valence-corrected chi connectivity index (χ3v) is 5.58. The van der Waals surface area contributed by atoms with Gasteiger partial charge in [-0.25, -0.2) is 4.79 Å². The van der Waals surface area contributed by atoms with Crippen LogP contribution in [-0.4, -0.2) is 39.4 Å². The van der Waals surface area contributed by atoms with Crippen LogP contribution in [0.25, 0.3) is 21.9 Å². The maximum absolute atomic E-state index is 13.0. The lowest BCUT2D eigenvalue weighted by Crippen LogP contribution is -2.16. The van der Waals surface area contributed by atoms with Gasteiger partial charge in [0.2, 0.25) is 5.75 Å². The van der Waals surface area contributed by atoms with E-state index in [4.69, 9.17) is 23.7 Å². The van der Waals surface area contributed by atoms with Gasteiger partial charge in [0.05, 0.1) is 33.8 Å². The van der Waals surface area contributed by atoms with E-state index in [0.29, 0.717) is 51.5 Å². The van der Waals surface area contributed by atoms with E-state index in [0.717, 1.165) is 5.56 Å². The highest BCUT2D eigenvalue weighted by molar-refractivity contribution is 6.07. The summed E-state index contributed by atoms with van der Waals surface area (Å²) >= 11 is 0. The number of rotatable bonds is 8. The van der Waals surface area contributed by atoms with Crippen molar-refractivity contribution >= 4 is 16.7 Å². The van der Waals surface area contributed by atoms with Crippen LogP contribution in [0.1, 0.15) is 16.1 Å². The van der Waals surface area contributed by atoms with Crippen molar-refractivity contribution < 1.29 is 28.5 Å². The minimum absolute atomic E-state index is 0.0113. The van der Waals surface area contributed by atoms with E-state index in [2.05, 4.69) is 4.98 Å². The summed E-state index contributed by atoms with van der Waals surface area (Å²) in [5, 5.41) is 0.891. The first-order chi connectivity index (χ1) is 17.0. The standard InChI is InChI=1S/C27H25NO7/c1-31-21-12-17(13-22(32-2)25(21)33-3)23-19-11-10-18(35-15-16-8-6-5-7-9-16)14-20(19)26(29)28-24(23)27(30)34-4/h5-14H,15H2,1-4H3,(H,28,29). The van der Waals surface area contributed by atoms with Crippen molar-refractivity contribution in [2.24, 2.45) is 0 Å². The van der Waals surface area contributed by atoms with Crippen molar-refractivity contribution in [3.63, 3.8) is 0 Å². The zero-order valence-corrected chi connectivity index (χ0v) is 19.8. The lowest BCUT2D eigenvalue weighted by atomic mass is 9.96. The fourth-order valence-corrected chi connectivity index (χ4v) is 3.92. The summed E-state index contributed by atoms with van der Waals surface area (Å²) in [7, 11) is 5.77. The SMILES string of the molecule is COC(=O)c1[nH]c(=O)c2cc(OCc3ccccc3)ccc2c1-c1cc(OC)c(OC)c(OC)c1. The number of benzene rings is 3. The molecule has 0 radical (unpaired) electrons. The van der Waals surface area contributed by atoms with E-state index in [9.17, 15) is 9.59 Å². The molecule has 0 saturated heterocycles. The number of ether oxygens (including phenoxy) is 5. The molecule has 8 nitrogen and oxygen atoms in total. The monoisotopic (exact) mass is 475 g/mol. The van der Waals surface area contributed by atoms with Crippen LogP contribution < -0.4 is 24.5 Å². The normalized spacial score (nSPS) is 10.6. The Kier molecular flexibility index (Phi) is 6.91. The molecule has 1 aromatic heterocycles. The van der Waals surface area contributed by atoms with Crippen LogP contribution in [0.5, 0.6) is 23.0 Å². The van der Waals surface area contributed by atoms with E-state index in [1.165, 1.54) is 28.4 Å². The number of pyridine rings is 1. The van der Waals surface area contributed by atoms with Gasteiger partial charge in [0, 0.05) is 5.56 Å². The van der Waals surface area contributed by atoms with Crippen LogP contribution in [0.15, 0.2) is 65.5 Å². The Hall–Kier alpha value is -4.46. The van der Waals surface area contributed by atoms with Crippen molar-refractivity contribution in [2.75, 3.05) is 28.4 Å². The van der Waals surface area contributed by atoms with Crippen molar-refractivity contribution in [3.05, 3.63) is 82.3 Å². The highest BCUT2D eigenvalue weighted by Crippen LogP contribution is 2.43. The van der Waals surface area contributed by atoms with Gasteiger partial charge in [0.25, 0.3) is 5.56 Å². The summed E-state index contributed by atoms with van der Waals surface area (Å²) in [5.74, 6) is 1.05. The second-order valence-corrected chi connectivity index (χ2v) is 7.59. The summed E-state index contributed by atoms with van der Waals surface area (Å²) < 4.78 is 27.2. The zero-order valence-electron chi connectivity index (χ0n) is 19.8. The Morgan fingerprint density at radius 2 is 1.51 bits per heavy atom. The molecule has 0 aliphatic rings. The molecule has 0 fully saturated rings. The number of aromatic nitrogens is 1. The van der Waals surface area contributed by atoms with Crippen LogP contribution in [-0.2, 0) is 11.3 Å². The number of carbonyl (C=O) groups excluding carboxylic acids is 1. The quantitative estimate of drug-likeness (QED) is 0.373. The molecule has 0 atom stereocenters. The van der Waals surface area contributed by atoms with Gasteiger partial charge < -0.3 is 28.7 Å². The van der Waals surface area contributed by atoms with Gasteiger partial charge >= 0.3 is 5.97 Å². The maximum atomic E-state index is 13.0. The molecule has 0 aliphatic heterocycles. The molecule has 35 heavy (non-hydrogen) atoms. The number of nitrogens with one attached hydrogen (secondary N) is 1. The average Bonchev–Trinajstić information content (AvgIpc) is 2.91. The molecule has 0 aliphatic carbocycles. The third kappa shape index (κ3) is 4.63. The Bertz CT molecular complexity index is 1400. The molecular formula is C27H25NO7. The van der Waals surface area contributed by atoms with E-state index in [-0.39, 0.29) is 5.69 Å². The fraction of sp³-hybridized carbons (Fsp3) is 0.185. The van der Waals surface area contributed by atoms with Crippen LogP contribution in [0.3, 0.4) is 0 Å². The molecule has 1 heterocycles. The fourth-order valence-electron chi connectivity index (χ4n) is 3.92. The van der Waals surface area contributed by atoms with Crippen LogP contribution >= 0.6 is 0 Å². The van der Waals surface area contributed by atoms with Gasteiger partial charge in [-0.3, -0.25) is 4.79 Å². The van der Waals surface area contributed by atoms with Crippen molar-refractivity contribution in [1.29, 1.82) is 0 Å². The number of hydrogen-bond donors (Lipinski definition) is 1. The number of hydrogen-bond acceptors (Lipinski definition) is 7.